The van der Waals surface area contributed by atoms with Crippen LogP contribution in [0.4, 0.5) is 5.69 Å². The van der Waals surface area contributed by atoms with Gasteiger partial charge in [-0.1, -0.05) is 30.3 Å². The van der Waals surface area contributed by atoms with E-state index < -0.39 is 0 Å². The van der Waals surface area contributed by atoms with Crippen LogP contribution in [0.25, 0.3) is 11.1 Å². The molecule has 0 aliphatic heterocycles. The number of nitrogens with zero attached hydrogens (tertiary/aromatic N) is 1. The predicted molar refractivity (Wildman–Crippen MR) is 78.4 cm³/mol. The molecule has 3 rings (SSSR count). The Morgan fingerprint density at radius 2 is 1.84 bits per heavy atom. The summed E-state index contributed by atoms with van der Waals surface area (Å²) in [6.45, 7) is 4.33. The molecule has 1 aliphatic rings. The molecule has 0 N–H and O–H groups in total. The molecule has 0 saturated heterocycles. The third kappa shape index (κ3) is 1.93. The average Bonchev–Trinajstić information content (AvgIpc) is 2.76. The van der Waals surface area contributed by atoms with Gasteiger partial charge >= 0.3 is 0 Å². The van der Waals surface area contributed by atoms with Crippen LogP contribution in [0.2, 0.25) is 0 Å². The van der Waals surface area contributed by atoms with Gasteiger partial charge < -0.3 is 4.90 Å². The van der Waals surface area contributed by atoms with E-state index in [0.29, 0.717) is 6.54 Å². The minimum absolute atomic E-state index is 0.0953. The largest absolute Gasteiger partial charge is 0.313 e. The summed E-state index contributed by atoms with van der Waals surface area (Å²) in [6.07, 6.45) is 0.967. The minimum Gasteiger partial charge on any atom is -0.313 e. The lowest BCUT2D eigenvalue weighted by Crippen LogP contribution is -2.27. The fourth-order valence-corrected chi connectivity index (χ4v) is 2.89. The Balaban J connectivity index is 2.04. The van der Waals surface area contributed by atoms with Crippen LogP contribution in [0.15, 0.2) is 42.5 Å². The lowest BCUT2D eigenvalue weighted by molar-refractivity contribution is -0.116. The van der Waals surface area contributed by atoms with Gasteiger partial charge in [-0.2, -0.15) is 0 Å². The van der Waals surface area contributed by atoms with Gasteiger partial charge in [0.05, 0.1) is 0 Å². The molecule has 0 atom stereocenters. The number of amides is 1. The van der Waals surface area contributed by atoms with Gasteiger partial charge in [0, 0.05) is 19.2 Å². The fourth-order valence-electron chi connectivity index (χ4n) is 2.89. The molecular formula is C17H17NO. The normalized spacial score (nSPS) is 11.9. The molecule has 0 spiro atoms. The van der Waals surface area contributed by atoms with E-state index in [1.807, 2.05) is 17.9 Å². The van der Waals surface area contributed by atoms with Crippen LogP contribution in [0.5, 0.6) is 0 Å². The summed E-state index contributed by atoms with van der Waals surface area (Å²) in [5, 5.41) is 0. The Hall–Kier alpha value is -2.09. The maximum atomic E-state index is 11.6. The maximum Gasteiger partial charge on any atom is 0.223 e. The Morgan fingerprint density at radius 1 is 1.11 bits per heavy atom. The van der Waals surface area contributed by atoms with E-state index in [4.69, 9.17) is 0 Å². The molecule has 0 unspecified atom stereocenters. The number of fused-ring (bicyclic) bond motifs is 3. The standard InChI is InChI=1S/C17H17NO/c1-3-18(12(2)19)15-8-9-17-14(11-15)10-13-6-4-5-7-16(13)17/h4-9,11H,3,10H2,1-2H3. The van der Waals surface area contributed by atoms with Gasteiger partial charge in [-0.15, -0.1) is 0 Å². The van der Waals surface area contributed by atoms with Crippen molar-refractivity contribution in [1.29, 1.82) is 0 Å². The van der Waals surface area contributed by atoms with E-state index in [2.05, 4.69) is 36.4 Å². The van der Waals surface area contributed by atoms with Crippen molar-refractivity contribution in [1.82, 2.24) is 0 Å². The summed E-state index contributed by atoms with van der Waals surface area (Å²) in [6, 6.07) is 14.9. The van der Waals surface area contributed by atoms with Crippen molar-refractivity contribution in [2.45, 2.75) is 20.3 Å². The van der Waals surface area contributed by atoms with Crippen LogP contribution in [-0.4, -0.2) is 12.5 Å². The van der Waals surface area contributed by atoms with Crippen molar-refractivity contribution >= 4 is 11.6 Å². The predicted octanol–water partition coefficient (Wildman–Crippen LogP) is 3.63. The number of carbonyl (C=O) groups excluding carboxylic acids is 1. The number of hydrogen-bond donors (Lipinski definition) is 0. The molecule has 0 radical (unpaired) electrons. The minimum atomic E-state index is 0.0953. The summed E-state index contributed by atoms with van der Waals surface area (Å²) in [5.41, 5.74) is 6.33. The first-order chi connectivity index (χ1) is 9.20. The molecule has 0 heterocycles. The molecule has 0 saturated carbocycles. The Morgan fingerprint density at radius 3 is 2.58 bits per heavy atom. The van der Waals surface area contributed by atoms with Crippen LogP contribution in [0, 0.1) is 0 Å². The van der Waals surface area contributed by atoms with Crippen LogP contribution in [0.1, 0.15) is 25.0 Å². The summed E-state index contributed by atoms with van der Waals surface area (Å²) in [4.78, 5) is 13.4. The van der Waals surface area contributed by atoms with Crippen molar-refractivity contribution in [3.05, 3.63) is 53.6 Å². The highest BCUT2D eigenvalue weighted by Crippen LogP contribution is 2.38. The monoisotopic (exact) mass is 251 g/mol. The van der Waals surface area contributed by atoms with Crippen molar-refractivity contribution in [3.63, 3.8) is 0 Å². The number of hydrogen-bond acceptors (Lipinski definition) is 1. The zero-order valence-electron chi connectivity index (χ0n) is 11.3. The van der Waals surface area contributed by atoms with Crippen molar-refractivity contribution in [2.24, 2.45) is 0 Å². The molecule has 2 heteroatoms. The molecule has 2 aromatic carbocycles. The SMILES string of the molecule is CCN(C(C)=O)c1ccc2c(c1)Cc1ccccc1-2. The highest BCUT2D eigenvalue weighted by atomic mass is 16.2. The van der Waals surface area contributed by atoms with Gasteiger partial charge in [0.1, 0.15) is 0 Å². The lowest BCUT2D eigenvalue weighted by atomic mass is 10.1. The molecule has 0 fully saturated rings. The highest BCUT2D eigenvalue weighted by Gasteiger charge is 2.19. The van der Waals surface area contributed by atoms with Crippen LogP contribution < -0.4 is 4.90 Å². The third-order valence-electron chi connectivity index (χ3n) is 3.79. The molecule has 0 bridgehead atoms. The second-order valence-corrected chi connectivity index (χ2v) is 4.94. The molecule has 19 heavy (non-hydrogen) atoms. The lowest BCUT2D eigenvalue weighted by Gasteiger charge is -2.19. The summed E-state index contributed by atoms with van der Waals surface area (Å²) in [7, 11) is 0. The summed E-state index contributed by atoms with van der Waals surface area (Å²) < 4.78 is 0. The first kappa shape index (κ1) is 12.0. The number of benzene rings is 2. The van der Waals surface area contributed by atoms with Gasteiger partial charge in [-0.05, 0) is 47.7 Å². The van der Waals surface area contributed by atoms with Gasteiger partial charge in [0.2, 0.25) is 5.91 Å². The molecule has 2 aromatic rings. The van der Waals surface area contributed by atoms with E-state index in [-0.39, 0.29) is 5.91 Å². The molecular weight excluding hydrogens is 234 g/mol. The first-order valence-corrected chi connectivity index (χ1v) is 6.70. The molecule has 0 aromatic heterocycles. The Bertz CT molecular complexity index is 645. The quantitative estimate of drug-likeness (QED) is 0.681. The van der Waals surface area contributed by atoms with Gasteiger partial charge in [0.25, 0.3) is 0 Å². The zero-order chi connectivity index (χ0) is 13.4. The molecule has 2 nitrogen and oxygen atoms in total. The van der Waals surface area contributed by atoms with Gasteiger partial charge in [-0.25, -0.2) is 0 Å². The average molecular weight is 251 g/mol. The summed E-state index contributed by atoms with van der Waals surface area (Å²) >= 11 is 0. The van der Waals surface area contributed by atoms with Crippen molar-refractivity contribution in [2.75, 3.05) is 11.4 Å². The maximum absolute atomic E-state index is 11.6. The van der Waals surface area contributed by atoms with E-state index in [9.17, 15) is 4.79 Å². The molecule has 96 valence electrons. The van der Waals surface area contributed by atoms with E-state index in [0.717, 1.165) is 12.1 Å². The zero-order valence-corrected chi connectivity index (χ0v) is 11.3. The number of rotatable bonds is 2. The highest BCUT2D eigenvalue weighted by molar-refractivity contribution is 5.92. The van der Waals surface area contributed by atoms with Gasteiger partial charge in [-0.3, -0.25) is 4.79 Å². The second kappa shape index (κ2) is 4.54. The molecule has 1 amide bonds. The van der Waals surface area contributed by atoms with E-state index in [1.165, 1.54) is 22.3 Å². The van der Waals surface area contributed by atoms with Crippen LogP contribution in [0.3, 0.4) is 0 Å². The Labute approximate surface area is 113 Å². The smallest absolute Gasteiger partial charge is 0.223 e. The van der Waals surface area contributed by atoms with Gasteiger partial charge in [0.15, 0.2) is 0 Å². The van der Waals surface area contributed by atoms with Crippen LogP contribution in [-0.2, 0) is 11.2 Å². The topological polar surface area (TPSA) is 20.3 Å². The number of anilines is 1. The van der Waals surface area contributed by atoms with Crippen LogP contribution >= 0.6 is 0 Å². The number of carbonyl (C=O) groups is 1. The molecule has 1 aliphatic carbocycles. The third-order valence-corrected chi connectivity index (χ3v) is 3.79. The second-order valence-electron chi connectivity index (χ2n) is 4.94. The fraction of sp³-hybridized carbons (Fsp3) is 0.235. The van der Waals surface area contributed by atoms with Crippen molar-refractivity contribution < 1.29 is 4.79 Å². The summed E-state index contributed by atoms with van der Waals surface area (Å²) in [5.74, 6) is 0.0953. The first-order valence-electron chi connectivity index (χ1n) is 6.70. The van der Waals surface area contributed by atoms with E-state index >= 15 is 0 Å². The van der Waals surface area contributed by atoms with Crippen molar-refractivity contribution in [3.8, 4) is 11.1 Å². The van der Waals surface area contributed by atoms with E-state index in [1.54, 1.807) is 6.92 Å². The Kier molecular flexibility index (Phi) is 2.86.